The van der Waals surface area contributed by atoms with Gasteiger partial charge in [0.2, 0.25) is 5.91 Å². The molecule has 2 aromatic rings. The highest BCUT2D eigenvalue weighted by Gasteiger charge is 2.29. The Bertz CT molecular complexity index is 840. The lowest BCUT2D eigenvalue weighted by atomic mass is 10.1. The van der Waals surface area contributed by atoms with Crippen molar-refractivity contribution in [1.82, 2.24) is 10.2 Å². The van der Waals surface area contributed by atoms with E-state index in [1.54, 1.807) is 21.3 Å². The van der Waals surface area contributed by atoms with Gasteiger partial charge in [0.25, 0.3) is 0 Å². The Morgan fingerprint density at radius 3 is 2.60 bits per heavy atom. The summed E-state index contributed by atoms with van der Waals surface area (Å²) in [5, 5.41) is 3.49. The molecule has 6 nitrogen and oxygen atoms in total. The number of rotatable bonds is 11. The predicted octanol–water partition coefficient (Wildman–Crippen LogP) is 3.43. The second-order valence-electron chi connectivity index (χ2n) is 7.54. The number of nitrogens with zero attached hydrogens (tertiary/aromatic N) is 1. The number of carbonyl (C=O) groups is 1. The molecule has 1 unspecified atom stereocenters. The van der Waals surface area contributed by atoms with Crippen molar-refractivity contribution in [1.29, 1.82) is 0 Å². The molecule has 1 aliphatic heterocycles. The molecule has 0 aliphatic carbocycles. The Balaban J connectivity index is 1.48. The zero-order valence-corrected chi connectivity index (χ0v) is 18.1. The minimum absolute atomic E-state index is 0.258. The molecule has 0 radical (unpaired) electrons. The highest BCUT2D eigenvalue weighted by Crippen LogP contribution is 2.28. The molecule has 1 aliphatic rings. The molecule has 0 aromatic heterocycles. The minimum Gasteiger partial charge on any atom is -0.497 e. The van der Waals surface area contributed by atoms with Gasteiger partial charge >= 0.3 is 0 Å². The summed E-state index contributed by atoms with van der Waals surface area (Å²) in [4.78, 5) is 14.4. The molecule has 1 atom stereocenters. The number of methoxy groups -OCH3 is 3. The van der Waals surface area contributed by atoms with Gasteiger partial charge in [0.05, 0.1) is 21.3 Å². The van der Waals surface area contributed by atoms with Crippen LogP contribution in [0.5, 0.6) is 17.2 Å². The summed E-state index contributed by atoms with van der Waals surface area (Å²) in [5.74, 6) is 2.57. The maximum absolute atomic E-state index is 12.4. The van der Waals surface area contributed by atoms with Gasteiger partial charge in [-0.1, -0.05) is 18.2 Å². The molecule has 0 saturated carbocycles. The summed E-state index contributed by atoms with van der Waals surface area (Å²) < 4.78 is 16.0. The van der Waals surface area contributed by atoms with Crippen LogP contribution in [0.2, 0.25) is 0 Å². The molecule has 1 N–H and O–H groups in total. The summed E-state index contributed by atoms with van der Waals surface area (Å²) in [7, 11) is 4.95. The van der Waals surface area contributed by atoms with E-state index < -0.39 is 0 Å². The first kappa shape index (κ1) is 22.0. The number of likely N-dealkylation sites (tertiary alicyclic amines) is 1. The fraction of sp³-hybridized carbons (Fsp3) is 0.458. The molecule has 0 spiro atoms. The number of hydrogen-bond acceptors (Lipinski definition) is 5. The molecule has 162 valence electrons. The van der Waals surface area contributed by atoms with E-state index >= 15 is 0 Å². The summed E-state index contributed by atoms with van der Waals surface area (Å²) in [6, 6.07) is 14.3. The van der Waals surface area contributed by atoms with Gasteiger partial charge < -0.3 is 24.4 Å². The number of carbonyl (C=O) groups excluding carboxylic acids is 1. The van der Waals surface area contributed by atoms with Gasteiger partial charge in [0.15, 0.2) is 11.5 Å². The molecule has 1 heterocycles. The fourth-order valence-corrected chi connectivity index (χ4v) is 3.97. The number of nitrogens with one attached hydrogen (secondary N) is 1. The van der Waals surface area contributed by atoms with Crippen molar-refractivity contribution in [3.05, 3.63) is 53.6 Å². The summed E-state index contributed by atoms with van der Waals surface area (Å²) >= 11 is 0. The number of amides is 1. The Morgan fingerprint density at radius 1 is 1.00 bits per heavy atom. The number of ether oxygens (including phenoxy) is 3. The van der Waals surface area contributed by atoms with Gasteiger partial charge in [-0.15, -0.1) is 0 Å². The third-order valence-electron chi connectivity index (χ3n) is 5.66. The van der Waals surface area contributed by atoms with Crippen LogP contribution in [0.15, 0.2) is 42.5 Å². The third-order valence-corrected chi connectivity index (χ3v) is 5.66. The van der Waals surface area contributed by atoms with E-state index in [1.165, 1.54) is 5.56 Å². The second-order valence-corrected chi connectivity index (χ2v) is 7.54. The first-order valence-corrected chi connectivity index (χ1v) is 10.5. The van der Waals surface area contributed by atoms with Crippen LogP contribution in [0.3, 0.4) is 0 Å². The maximum atomic E-state index is 12.4. The van der Waals surface area contributed by atoms with Gasteiger partial charge in [-0.3, -0.25) is 4.79 Å². The summed E-state index contributed by atoms with van der Waals surface area (Å²) in [6.07, 6.45) is 3.35. The quantitative estimate of drug-likeness (QED) is 0.573. The molecule has 3 rings (SSSR count). The van der Waals surface area contributed by atoms with Crippen LogP contribution in [0.1, 0.15) is 30.4 Å². The molecule has 1 fully saturated rings. The lowest BCUT2D eigenvalue weighted by Crippen LogP contribution is -2.36. The first-order chi connectivity index (χ1) is 14.6. The predicted molar refractivity (Wildman–Crippen MR) is 117 cm³/mol. The Kier molecular flexibility index (Phi) is 7.97. The van der Waals surface area contributed by atoms with E-state index in [9.17, 15) is 4.79 Å². The average Bonchev–Trinajstić information content (AvgIpc) is 3.14. The molecule has 30 heavy (non-hydrogen) atoms. The molecule has 1 amide bonds. The standard InChI is InChI=1S/C24H32N2O4/c1-28-21-6-4-5-19(15-21)17-25-13-11-20-8-10-24(27)26(20)14-12-18-7-9-22(29-2)23(16-18)30-3/h4-7,9,15-16,20,25H,8,10-14,17H2,1-3H3. The zero-order chi connectivity index (χ0) is 21.3. The van der Waals surface area contributed by atoms with Crippen LogP contribution < -0.4 is 19.5 Å². The Labute approximate surface area is 179 Å². The summed E-state index contributed by atoms with van der Waals surface area (Å²) in [6.45, 7) is 2.40. The van der Waals surface area contributed by atoms with Crippen molar-refractivity contribution in [3.8, 4) is 17.2 Å². The van der Waals surface area contributed by atoms with Crippen LogP contribution in [-0.4, -0.2) is 51.3 Å². The summed E-state index contributed by atoms with van der Waals surface area (Å²) in [5.41, 5.74) is 2.34. The van der Waals surface area contributed by atoms with Crippen LogP contribution in [0.4, 0.5) is 0 Å². The Hall–Kier alpha value is -2.73. The van der Waals surface area contributed by atoms with Gasteiger partial charge in [0, 0.05) is 25.6 Å². The number of hydrogen-bond donors (Lipinski definition) is 1. The maximum Gasteiger partial charge on any atom is 0.222 e. The highest BCUT2D eigenvalue weighted by molar-refractivity contribution is 5.78. The van der Waals surface area contributed by atoms with Crippen molar-refractivity contribution in [2.24, 2.45) is 0 Å². The van der Waals surface area contributed by atoms with Gasteiger partial charge in [-0.2, -0.15) is 0 Å². The highest BCUT2D eigenvalue weighted by atomic mass is 16.5. The lowest BCUT2D eigenvalue weighted by molar-refractivity contribution is -0.129. The van der Waals surface area contributed by atoms with Crippen molar-refractivity contribution >= 4 is 5.91 Å². The second kappa shape index (κ2) is 10.9. The average molecular weight is 413 g/mol. The van der Waals surface area contributed by atoms with E-state index in [0.29, 0.717) is 12.5 Å². The SMILES string of the molecule is COc1cccc(CNCCC2CCC(=O)N2CCc2ccc(OC)c(OC)c2)c1. The molecular formula is C24H32N2O4. The molecule has 0 bridgehead atoms. The monoisotopic (exact) mass is 412 g/mol. The first-order valence-electron chi connectivity index (χ1n) is 10.5. The minimum atomic E-state index is 0.258. The largest absolute Gasteiger partial charge is 0.497 e. The van der Waals surface area contributed by atoms with E-state index in [-0.39, 0.29) is 5.91 Å². The van der Waals surface area contributed by atoms with E-state index in [4.69, 9.17) is 14.2 Å². The van der Waals surface area contributed by atoms with E-state index in [1.807, 2.05) is 41.3 Å². The van der Waals surface area contributed by atoms with Crippen LogP contribution >= 0.6 is 0 Å². The van der Waals surface area contributed by atoms with E-state index in [0.717, 1.165) is 61.7 Å². The molecular weight excluding hydrogens is 380 g/mol. The van der Waals surface area contributed by atoms with Gasteiger partial charge in [-0.05, 0) is 61.2 Å². The van der Waals surface area contributed by atoms with Gasteiger partial charge in [-0.25, -0.2) is 0 Å². The van der Waals surface area contributed by atoms with Crippen LogP contribution in [0.25, 0.3) is 0 Å². The fourth-order valence-electron chi connectivity index (χ4n) is 3.97. The van der Waals surface area contributed by atoms with Crippen molar-refractivity contribution in [2.75, 3.05) is 34.4 Å². The Morgan fingerprint density at radius 2 is 1.83 bits per heavy atom. The zero-order valence-electron chi connectivity index (χ0n) is 18.1. The normalized spacial score (nSPS) is 16.0. The van der Waals surface area contributed by atoms with Crippen LogP contribution in [0, 0.1) is 0 Å². The van der Waals surface area contributed by atoms with Crippen molar-refractivity contribution in [2.45, 2.75) is 38.3 Å². The third kappa shape index (κ3) is 5.66. The molecule has 6 heteroatoms. The lowest BCUT2D eigenvalue weighted by Gasteiger charge is -2.25. The number of benzene rings is 2. The topological polar surface area (TPSA) is 60.0 Å². The van der Waals surface area contributed by atoms with Gasteiger partial charge in [0.1, 0.15) is 5.75 Å². The smallest absolute Gasteiger partial charge is 0.222 e. The van der Waals surface area contributed by atoms with Crippen molar-refractivity contribution < 1.29 is 19.0 Å². The molecule has 2 aromatic carbocycles. The van der Waals surface area contributed by atoms with Crippen molar-refractivity contribution in [3.63, 3.8) is 0 Å². The molecule has 1 saturated heterocycles. The van der Waals surface area contributed by atoms with Crippen LogP contribution in [-0.2, 0) is 17.8 Å². The van der Waals surface area contributed by atoms with E-state index in [2.05, 4.69) is 11.4 Å².